The summed E-state index contributed by atoms with van der Waals surface area (Å²) in [5, 5.41) is 11.9. The molecule has 8 nitrogen and oxygen atoms in total. The Hall–Kier alpha value is -4.96. The number of nitrogens with zero attached hydrogens (tertiary/aromatic N) is 2. The molecule has 2 aliphatic rings. The number of likely N-dealkylation sites (tertiary alicyclic amines) is 1. The van der Waals surface area contributed by atoms with Crippen LogP contribution in [-0.4, -0.2) is 52.3 Å². The van der Waals surface area contributed by atoms with Crippen molar-refractivity contribution in [2.24, 2.45) is 0 Å². The van der Waals surface area contributed by atoms with Gasteiger partial charge in [-0.25, -0.2) is 8.78 Å². The molecular formula is C36H28ClF8N3O5. The molecule has 0 saturated carbocycles. The highest BCUT2D eigenvalue weighted by Crippen LogP contribution is 2.44. The lowest BCUT2D eigenvalue weighted by Crippen LogP contribution is -2.49. The molecule has 2 aliphatic heterocycles. The van der Waals surface area contributed by atoms with E-state index in [-0.39, 0.29) is 65.3 Å². The lowest BCUT2D eigenvalue weighted by molar-refractivity contribution is -0.140. The Kier molecular flexibility index (Phi) is 10.1. The van der Waals surface area contributed by atoms with Crippen LogP contribution in [0.1, 0.15) is 51.9 Å². The number of rotatable bonds is 6. The maximum atomic E-state index is 15.9. The van der Waals surface area contributed by atoms with Crippen LogP contribution >= 0.6 is 11.6 Å². The van der Waals surface area contributed by atoms with Gasteiger partial charge in [-0.05, 0) is 72.0 Å². The Labute approximate surface area is 300 Å². The SMILES string of the molecule is Cc1cccc2c1-c1cc(c(F)c(C(F)(F)F)c1)[C@@H](CC(=O)O)NC(=O)[C@H](n1cc(CCN3CC(F)C3)c(C(F)(F)F)cc1=O)c1cc(Cl)cc(c1)O2. The Morgan fingerprint density at radius 1 is 1.00 bits per heavy atom. The molecular weight excluding hydrogens is 742 g/mol. The molecule has 1 amide bonds. The molecule has 6 rings (SSSR count). The quantitative estimate of drug-likeness (QED) is 0.194. The van der Waals surface area contributed by atoms with Gasteiger partial charge < -0.3 is 15.2 Å². The van der Waals surface area contributed by atoms with E-state index < -0.39 is 82.5 Å². The number of aromatic nitrogens is 1. The third-order valence-corrected chi connectivity index (χ3v) is 9.26. The first-order chi connectivity index (χ1) is 24.8. The number of alkyl halides is 7. The van der Waals surface area contributed by atoms with Crippen molar-refractivity contribution in [3.05, 3.63) is 115 Å². The van der Waals surface area contributed by atoms with Gasteiger partial charge in [-0.15, -0.1) is 0 Å². The van der Waals surface area contributed by atoms with Crippen molar-refractivity contribution in [1.82, 2.24) is 14.8 Å². The van der Waals surface area contributed by atoms with Gasteiger partial charge in [0.25, 0.3) is 5.56 Å². The topological polar surface area (TPSA) is 101 Å². The molecule has 1 saturated heterocycles. The van der Waals surface area contributed by atoms with Crippen LogP contribution in [0.5, 0.6) is 11.5 Å². The molecule has 0 spiro atoms. The third kappa shape index (κ3) is 7.88. The summed E-state index contributed by atoms with van der Waals surface area (Å²) in [4.78, 5) is 41.5. The van der Waals surface area contributed by atoms with E-state index in [2.05, 4.69) is 5.32 Å². The number of aliphatic carboxylic acids is 1. The van der Waals surface area contributed by atoms with Gasteiger partial charge in [0.05, 0.1) is 23.6 Å². The first kappa shape index (κ1) is 37.8. The lowest BCUT2D eigenvalue weighted by Gasteiger charge is -2.34. The van der Waals surface area contributed by atoms with Gasteiger partial charge in [0.1, 0.15) is 29.5 Å². The molecule has 0 unspecified atom stereocenters. The highest BCUT2D eigenvalue weighted by atomic mass is 35.5. The maximum absolute atomic E-state index is 15.9. The number of halogens is 9. The molecule has 1 fully saturated rings. The van der Waals surface area contributed by atoms with Crippen molar-refractivity contribution in [3.8, 4) is 22.6 Å². The summed E-state index contributed by atoms with van der Waals surface area (Å²) in [6.07, 6.45) is -12.2. The second-order valence-electron chi connectivity index (χ2n) is 12.8. The number of hydrogen-bond donors (Lipinski definition) is 2. The second kappa shape index (κ2) is 14.1. The van der Waals surface area contributed by atoms with Gasteiger partial charge >= 0.3 is 18.3 Å². The van der Waals surface area contributed by atoms with Crippen LogP contribution in [0.2, 0.25) is 5.02 Å². The number of aryl methyl sites for hydroxylation is 1. The summed E-state index contributed by atoms with van der Waals surface area (Å²) in [7, 11) is 0. The molecule has 53 heavy (non-hydrogen) atoms. The summed E-state index contributed by atoms with van der Waals surface area (Å²) in [5.41, 5.74) is -5.73. The molecule has 4 bridgehead atoms. The fourth-order valence-electron chi connectivity index (χ4n) is 6.60. The van der Waals surface area contributed by atoms with Crippen LogP contribution in [0.15, 0.2) is 65.6 Å². The highest BCUT2D eigenvalue weighted by Gasteiger charge is 2.40. The number of carbonyl (C=O) groups excluding carboxylic acids is 1. The zero-order valence-corrected chi connectivity index (χ0v) is 28.2. The third-order valence-electron chi connectivity index (χ3n) is 9.04. The normalized spacial score (nSPS) is 18.1. The van der Waals surface area contributed by atoms with E-state index in [1.807, 2.05) is 0 Å². The fourth-order valence-corrected chi connectivity index (χ4v) is 6.84. The largest absolute Gasteiger partial charge is 0.481 e. The van der Waals surface area contributed by atoms with Crippen LogP contribution in [0, 0.1) is 12.7 Å². The zero-order chi connectivity index (χ0) is 38.6. The summed E-state index contributed by atoms with van der Waals surface area (Å²) in [5.74, 6) is -4.99. The molecule has 1 aromatic heterocycles. The van der Waals surface area contributed by atoms with E-state index in [0.717, 1.165) is 12.3 Å². The standard InChI is InChI=1S/C36H28ClF8N3O5/c1-17-3-2-4-28-31(17)19-9-24(32(39)26(10-19)36(43,44)45)27(13-30(50)51)46-34(52)33(20-7-21(37)11-23(8-20)53-28)48-14-18(5-6-47-15-22(38)16-47)25(12-29(48)49)35(40,41)42/h2-4,7-12,14,22,27,33H,5-6,13,15-16H2,1H3,(H,46,52)(H,50,51)/t27-,33-/m1/s1. The maximum Gasteiger partial charge on any atom is 0.419 e. The first-order valence-electron chi connectivity index (χ1n) is 16.0. The highest BCUT2D eigenvalue weighted by molar-refractivity contribution is 6.30. The molecule has 0 radical (unpaired) electrons. The number of carboxylic acids is 1. The van der Waals surface area contributed by atoms with E-state index in [9.17, 15) is 50.2 Å². The van der Waals surface area contributed by atoms with Crippen molar-refractivity contribution in [3.63, 3.8) is 0 Å². The van der Waals surface area contributed by atoms with Crippen LogP contribution in [0.4, 0.5) is 35.1 Å². The molecule has 2 N–H and O–H groups in total. The van der Waals surface area contributed by atoms with E-state index in [1.54, 1.807) is 17.9 Å². The van der Waals surface area contributed by atoms with Gasteiger partial charge in [0.2, 0.25) is 5.91 Å². The molecule has 3 heterocycles. The van der Waals surface area contributed by atoms with E-state index in [1.165, 1.54) is 30.3 Å². The van der Waals surface area contributed by atoms with Gasteiger partial charge in [-0.2, -0.15) is 26.3 Å². The summed E-state index contributed by atoms with van der Waals surface area (Å²) in [6, 6.07) is 5.94. The number of fused-ring (bicyclic) bond motifs is 6. The molecule has 280 valence electrons. The smallest absolute Gasteiger partial charge is 0.419 e. The second-order valence-corrected chi connectivity index (χ2v) is 13.3. The predicted octanol–water partition coefficient (Wildman–Crippen LogP) is 7.88. The molecule has 2 atom stereocenters. The number of carbonyl (C=O) groups is 2. The minimum absolute atomic E-state index is 0.0151. The Balaban J connectivity index is 1.61. The Morgan fingerprint density at radius 2 is 1.70 bits per heavy atom. The first-order valence-corrected chi connectivity index (χ1v) is 16.4. The molecule has 17 heteroatoms. The minimum atomic E-state index is -5.29. The monoisotopic (exact) mass is 769 g/mol. The molecule has 0 aliphatic carbocycles. The van der Waals surface area contributed by atoms with E-state index in [0.29, 0.717) is 16.2 Å². The number of pyridine rings is 1. The van der Waals surface area contributed by atoms with Crippen LogP contribution < -0.4 is 15.6 Å². The van der Waals surface area contributed by atoms with Gasteiger partial charge in [0, 0.05) is 48.0 Å². The summed E-state index contributed by atoms with van der Waals surface area (Å²) >= 11 is 6.43. The van der Waals surface area contributed by atoms with Gasteiger partial charge in [-0.1, -0.05) is 23.7 Å². The summed E-state index contributed by atoms with van der Waals surface area (Å²) < 4.78 is 122. The number of amides is 1. The van der Waals surface area contributed by atoms with Crippen molar-refractivity contribution in [1.29, 1.82) is 0 Å². The van der Waals surface area contributed by atoms with Crippen LogP contribution in [0.3, 0.4) is 0 Å². The molecule has 4 aromatic rings. The predicted molar refractivity (Wildman–Crippen MR) is 175 cm³/mol. The van der Waals surface area contributed by atoms with Crippen molar-refractivity contribution in [2.45, 2.75) is 50.4 Å². The van der Waals surface area contributed by atoms with Crippen LogP contribution in [-0.2, 0) is 28.4 Å². The number of hydrogen-bond acceptors (Lipinski definition) is 5. The Morgan fingerprint density at radius 3 is 2.34 bits per heavy atom. The van der Waals surface area contributed by atoms with E-state index in [4.69, 9.17) is 16.3 Å². The van der Waals surface area contributed by atoms with Gasteiger partial charge in [-0.3, -0.25) is 23.9 Å². The zero-order valence-electron chi connectivity index (χ0n) is 27.4. The number of carboxylic acid groups (broad SMARTS) is 1. The average molecular weight is 770 g/mol. The number of benzene rings is 3. The van der Waals surface area contributed by atoms with Crippen molar-refractivity contribution >= 4 is 23.5 Å². The van der Waals surface area contributed by atoms with Crippen molar-refractivity contribution in [2.75, 3.05) is 19.6 Å². The van der Waals surface area contributed by atoms with Crippen LogP contribution in [0.25, 0.3) is 11.1 Å². The minimum Gasteiger partial charge on any atom is -0.481 e. The fraction of sp³-hybridized carbons (Fsp3) is 0.306. The Bertz CT molecular complexity index is 2160. The number of ether oxygens (including phenoxy) is 1. The number of nitrogens with one attached hydrogen (secondary N) is 1. The lowest BCUT2D eigenvalue weighted by atomic mass is 9.91. The van der Waals surface area contributed by atoms with Crippen molar-refractivity contribution < 1.29 is 54.6 Å². The average Bonchev–Trinajstić information content (AvgIpc) is 3.02. The molecule has 3 aromatic carbocycles. The van der Waals surface area contributed by atoms with E-state index >= 15 is 4.39 Å². The van der Waals surface area contributed by atoms with Gasteiger partial charge in [0.15, 0.2) is 0 Å². The summed E-state index contributed by atoms with van der Waals surface area (Å²) in [6.45, 7) is 1.47.